The third kappa shape index (κ3) is 4.05. The van der Waals surface area contributed by atoms with Crippen LogP contribution in [-0.4, -0.2) is 12.5 Å². The molecule has 0 aliphatic rings. The van der Waals surface area contributed by atoms with E-state index in [-0.39, 0.29) is 19.5 Å². The van der Waals surface area contributed by atoms with E-state index >= 15 is 0 Å². The molecular weight excluding hydrogens is 238 g/mol. The molecule has 17 heavy (non-hydrogen) atoms. The van der Waals surface area contributed by atoms with Crippen LogP contribution in [0, 0.1) is 5.82 Å². The second-order valence-electron chi connectivity index (χ2n) is 3.09. The maximum absolute atomic E-state index is 12.9. The van der Waals surface area contributed by atoms with Crippen molar-refractivity contribution in [2.75, 3.05) is 6.54 Å². The molecule has 6 heteroatoms. The van der Waals surface area contributed by atoms with Crippen molar-refractivity contribution in [1.29, 1.82) is 0 Å². The Bertz CT molecular complexity index is 401. The van der Waals surface area contributed by atoms with Crippen LogP contribution in [0.15, 0.2) is 18.2 Å². The zero-order valence-corrected chi connectivity index (χ0v) is 8.36. The number of carbonyl (C=O) groups excluding carboxylic acids is 1. The molecule has 1 N–H and O–H groups in total. The summed E-state index contributed by atoms with van der Waals surface area (Å²) in [7, 11) is 0. The minimum absolute atomic E-state index is 0. The predicted octanol–water partition coefficient (Wildman–Crippen LogP) is 3.23. The van der Waals surface area contributed by atoms with Crippen LogP contribution >= 0.6 is 0 Å². The summed E-state index contributed by atoms with van der Waals surface area (Å²) in [4.78, 5) is 11.2. The maximum atomic E-state index is 12.9. The van der Waals surface area contributed by atoms with Crippen molar-refractivity contribution in [3.63, 3.8) is 0 Å². The number of rotatable bonds is 2. The molecule has 0 aliphatic carbocycles. The van der Waals surface area contributed by atoms with E-state index in [1.54, 1.807) is 6.92 Å². The minimum Gasteiger partial charge on any atom is -0.352 e. The smallest absolute Gasteiger partial charge is 0.352 e. The first-order valence-corrected chi connectivity index (χ1v) is 4.50. The first-order chi connectivity index (χ1) is 7.34. The van der Waals surface area contributed by atoms with Gasteiger partial charge in [-0.25, -0.2) is 4.39 Å². The topological polar surface area (TPSA) is 29.1 Å². The van der Waals surface area contributed by atoms with Crippen molar-refractivity contribution in [3.8, 4) is 0 Å². The lowest BCUT2D eigenvalue weighted by atomic mass is 10.1. The molecule has 1 rings (SSSR count). The Morgan fingerprint density at radius 1 is 1.29 bits per heavy atom. The largest absolute Gasteiger partial charge is 0.416 e. The van der Waals surface area contributed by atoms with Crippen LogP contribution in [0.25, 0.3) is 0 Å². The third-order valence-corrected chi connectivity index (χ3v) is 1.82. The highest BCUT2D eigenvalue weighted by Crippen LogP contribution is 2.30. The van der Waals surface area contributed by atoms with Gasteiger partial charge >= 0.3 is 6.18 Å². The van der Waals surface area contributed by atoms with Gasteiger partial charge in [-0.1, -0.05) is 7.43 Å². The van der Waals surface area contributed by atoms with Gasteiger partial charge in [0.05, 0.1) is 5.56 Å². The zero-order valence-electron chi connectivity index (χ0n) is 8.36. The predicted molar refractivity (Wildman–Crippen MR) is 56.1 cm³/mol. The lowest BCUT2D eigenvalue weighted by molar-refractivity contribution is -0.137. The third-order valence-electron chi connectivity index (χ3n) is 1.82. The van der Waals surface area contributed by atoms with E-state index in [0.717, 1.165) is 6.07 Å². The summed E-state index contributed by atoms with van der Waals surface area (Å²) in [5.41, 5.74) is -1.51. The van der Waals surface area contributed by atoms with Crippen molar-refractivity contribution in [3.05, 3.63) is 35.1 Å². The molecular formula is C11H13F4NO. The maximum Gasteiger partial charge on any atom is 0.416 e. The summed E-state index contributed by atoms with van der Waals surface area (Å²) >= 11 is 0. The highest BCUT2D eigenvalue weighted by Gasteiger charge is 2.31. The first kappa shape index (κ1) is 15.4. The molecule has 96 valence electrons. The molecule has 1 amide bonds. The van der Waals surface area contributed by atoms with E-state index in [1.807, 2.05) is 0 Å². The lowest BCUT2D eigenvalue weighted by Crippen LogP contribution is -2.23. The van der Waals surface area contributed by atoms with Gasteiger partial charge in [-0.2, -0.15) is 13.2 Å². The van der Waals surface area contributed by atoms with Crippen LogP contribution in [0.1, 0.15) is 30.3 Å². The molecule has 0 aromatic heterocycles. The van der Waals surface area contributed by atoms with E-state index < -0.39 is 23.5 Å². The summed E-state index contributed by atoms with van der Waals surface area (Å²) in [5.74, 6) is -1.82. The summed E-state index contributed by atoms with van der Waals surface area (Å²) < 4.78 is 49.8. The Morgan fingerprint density at radius 2 is 1.88 bits per heavy atom. The molecule has 0 bridgehead atoms. The number of hydrogen-bond acceptors (Lipinski definition) is 1. The quantitative estimate of drug-likeness (QED) is 0.803. The number of amides is 1. The monoisotopic (exact) mass is 251 g/mol. The molecule has 1 aromatic carbocycles. The van der Waals surface area contributed by atoms with Gasteiger partial charge in [-0.3, -0.25) is 4.79 Å². The molecule has 0 spiro atoms. The Kier molecular flexibility index (Phi) is 5.12. The molecule has 0 heterocycles. The fraction of sp³-hybridized carbons (Fsp3) is 0.364. The Labute approximate surface area is 96.6 Å². The fourth-order valence-corrected chi connectivity index (χ4v) is 1.15. The molecule has 2 nitrogen and oxygen atoms in total. The van der Waals surface area contributed by atoms with Crippen molar-refractivity contribution in [2.45, 2.75) is 20.5 Å². The molecule has 0 aliphatic heterocycles. The molecule has 0 fully saturated rings. The first-order valence-electron chi connectivity index (χ1n) is 4.50. The Morgan fingerprint density at radius 3 is 2.35 bits per heavy atom. The van der Waals surface area contributed by atoms with Crippen LogP contribution in [-0.2, 0) is 6.18 Å². The average molecular weight is 251 g/mol. The van der Waals surface area contributed by atoms with Crippen molar-refractivity contribution >= 4 is 5.91 Å². The van der Waals surface area contributed by atoms with Gasteiger partial charge in [0.25, 0.3) is 5.91 Å². The summed E-state index contributed by atoms with van der Waals surface area (Å²) in [6.07, 6.45) is -4.66. The number of nitrogens with one attached hydrogen (secondary N) is 1. The van der Waals surface area contributed by atoms with Gasteiger partial charge in [0.2, 0.25) is 0 Å². The Hall–Kier alpha value is -1.59. The summed E-state index contributed by atoms with van der Waals surface area (Å²) in [6.45, 7) is 1.87. The second-order valence-corrected chi connectivity index (χ2v) is 3.09. The van der Waals surface area contributed by atoms with Crippen molar-refractivity contribution in [2.24, 2.45) is 0 Å². The lowest BCUT2D eigenvalue weighted by Gasteiger charge is -2.09. The molecule has 0 atom stereocenters. The van der Waals surface area contributed by atoms with E-state index in [4.69, 9.17) is 0 Å². The average Bonchev–Trinajstić information content (AvgIpc) is 2.16. The number of carbonyl (C=O) groups is 1. The van der Waals surface area contributed by atoms with Gasteiger partial charge in [-0.05, 0) is 25.1 Å². The van der Waals surface area contributed by atoms with E-state index in [0.29, 0.717) is 12.1 Å². The van der Waals surface area contributed by atoms with Gasteiger partial charge in [0, 0.05) is 12.1 Å². The summed E-state index contributed by atoms with van der Waals surface area (Å²) in [6, 6.07) is 1.73. The van der Waals surface area contributed by atoms with Crippen LogP contribution < -0.4 is 5.32 Å². The van der Waals surface area contributed by atoms with Crippen LogP contribution in [0.2, 0.25) is 0 Å². The van der Waals surface area contributed by atoms with Crippen molar-refractivity contribution in [1.82, 2.24) is 5.32 Å². The van der Waals surface area contributed by atoms with Gasteiger partial charge in [0.1, 0.15) is 5.82 Å². The van der Waals surface area contributed by atoms with Gasteiger partial charge in [-0.15, -0.1) is 0 Å². The van der Waals surface area contributed by atoms with E-state index in [2.05, 4.69) is 5.32 Å². The SMILES string of the molecule is C.CCNC(=O)c1cc(F)cc(C(F)(F)F)c1. The van der Waals surface area contributed by atoms with E-state index in [9.17, 15) is 22.4 Å². The summed E-state index contributed by atoms with van der Waals surface area (Å²) in [5, 5.41) is 2.29. The number of alkyl halides is 3. The van der Waals surface area contributed by atoms with Crippen LogP contribution in [0.5, 0.6) is 0 Å². The second kappa shape index (κ2) is 5.65. The molecule has 0 saturated carbocycles. The number of halogens is 4. The standard InChI is InChI=1S/C10H9F4NO.CH4/c1-2-15-9(16)6-3-7(10(12,13)14)5-8(11)4-6;/h3-5H,2H2,1H3,(H,15,16);1H4. The molecule has 0 radical (unpaired) electrons. The van der Waals surface area contributed by atoms with Crippen LogP contribution in [0.4, 0.5) is 17.6 Å². The fourth-order valence-electron chi connectivity index (χ4n) is 1.15. The zero-order chi connectivity index (χ0) is 12.3. The Balaban J connectivity index is 0.00000256. The normalized spacial score (nSPS) is 10.6. The van der Waals surface area contributed by atoms with Crippen LogP contribution in [0.3, 0.4) is 0 Å². The van der Waals surface area contributed by atoms with Gasteiger partial charge in [0.15, 0.2) is 0 Å². The van der Waals surface area contributed by atoms with Gasteiger partial charge < -0.3 is 5.32 Å². The number of hydrogen-bond donors (Lipinski definition) is 1. The highest BCUT2D eigenvalue weighted by molar-refractivity contribution is 5.94. The van der Waals surface area contributed by atoms with E-state index in [1.165, 1.54) is 0 Å². The van der Waals surface area contributed by atoms with Crippen molar-refractivity contribution < 1.29 is 22.4 Å². The molecule has 0 unspecified atom stereocenters. The minimum atomic E-state index is -4.66. The number of benzene rings is 1. The molecule has 0 saturated heterocycles. The highest BCUT2D eigenvalue weighted by atomic mass is 19.4. The molecule has 1 aromatic rings.